The minimum Gasteiger partial charge on any atom is -0.293 e. The lowest BCUT2D eigenvalue weighted by atomic mass is 10.1. The Morgan fingerprint density at radius 3 is 2.38 bits per heavy atom. The fraction of sp³-hybridized carbons (Fsp3) is 0.500. The second kappa shape index (κ2) is 6.44. The fourth-order valence-corrected chi connectivity index (χ4v) is 1.74. The highest BCUT2D eigenvalue weighted by molar-refractivity contribution is 5.97. The molecule has 1 aromatic carbocycles. The summed E-state index contributed by atoms with van der Waals surface area (Å²) in [5.41, 5.74) is 0.809. The third kappa shape index (κ3) is 3.46. The minimum atomic E-state index is 0.211. The molecule has 0 aliphatic carbocycles. The molecule has 0 radical (unpaired) electrons. The number of hydrogen-bond acceptors (Lipinski definition) is 2. The van der Waals surface area contributed by atoms with Crippen molar-refractivity contribution in [3.8, 4) is 0 Å². The van der Waals surface area contributed by atoms with E-state index in [1.54, 1.807) is 0 Å². The first-order valence-electron chi connectivity index (χ1n) is 6.01. The number of nitrogens with zero attached hydrogens (tertiary/aromatic N) is 1. The molecular formula is C14H21NO. The molecule has 2 nitrogen and oxygen atoms in total. The van der Waals surface area contributed by atoms with Crippen molar-refractivity contribution < 1.29 is 4.79 Å². The van der Waals surface area contributed by atoms with Gasteiger partial charge in [0.05, 0.1) is 6.54 Å². The van der Waals surface area contributed by atoms with Crippen LogP contribution in [-0.4, -0.2) is 29.8 Å². The monoisotopic (exact) mass is 219 g/mol. The zero-order chi connectivity index (χ0) is 12.0. The largest absolute Gasteiger partial charge is 0.293 e. The second-order valence-corrected chi connectivity index (χ2v) is 4.11. The third-order valence-electron chi connectivity index (χ3n) is 3.06. The van der Waals surface area contributed by atoms with Gasteiger partial charge in [-0.15, -0.1) is 0 Å². The average Bonchev–Trinajstić information content (AvgIpc) is 2.35. The van der Waals surface area contributed by atoms with Gasteiger partial charge in [-0.2, -0.15) is 0 Å². The van der Waals surface area contributed by atoms with Crippen molar-refractivity contribution in [2.24, 2.45) is 0 Å². The molecule has 0 N–H and O–H groups in total. The first-order chi connectivity index (χ1) is 7.69. The van der Waals surface area contributed by atoms with Crippen LogP contribution in [0.4, 0.5) is 0 Å². The molecule has 1 aromatic rings. The van der Waals surface area contributed by atoms with Crippen molar-refractivity contribution in [1.29, 1.82) is 0 Å². The number of benzene rings is 1. The van der Waals surface area contributed by atoms with Crippen LogP contribution in [0.5, 0.6) is 0 Å². The summed E-state index contributed by atoms with van der Waals surface area (Å²) in [7, 11) is 0. The Hall–Kier alpha value is -1.15. The number of rotatable bonds is 6. The highest BCUT2D eigenvalue weighted by Gasteiger charge is 2.14. The van der Waals surface area contributed by atoms with Gasteiger partial charge in [0.25, 0.3) is 0 Å². The Balaban J connectivity index is 2.63. The molecule has 88 valence electrons. The number of ketones is 1. The summed E-state index contributed by atoms with van der Waals surface area (Å²) in [5.74, 6) is 0.211. The van der Waals surface area contributed by atoms with Crippen molar-refractivity contribution in [1.82, 2.24) is 4.90 Å². The number of Topliss-reactive ketones (excluding diaryl/α,β-unsaturated/α-hetero) is 1. The maximum Gasteiger partial charge on any atom is 0.176 e. The Kier molecular flexibility index (Phi) is 5.20. The molecule has 1 atom stereocenters. The molecule has 1 unspecified atom stereocenters. The molecule has 16 heavy (non-hydrogen) atoms. The van der Waals surface area contributed by atoms with Gasteiger partial charge in [0, 0.05) is 11.6 Å². The van der Waals surface area contributed by atoms with Gasteiger partial charge in [-0.3, -0.25) is 9.69 Å². The van der Waals surface area contributed by atoms with E-state index in [0.717, 1.165) is 18.5 Å². The molecule has 0 saturated carbocycles. The second-order valence-electron chi connectivity index (χ2n) is 4.11. The number of carbonyl (C=O) groups is 1. The molecule has 0 heterocycles. The molecule has 0 saturated heterocycles. The Bertz CT molecular complexity index is 321. The normalized spacial score (nSPS) is 12.8. The van der Waals surface area contributed by atoms with Crippen molar-refractivity contribution >= 4 is 5.78 Å². The zero-order valence-corrected chi connectivity index (χ0v) is 10.4. The number of carbonyl (C=O) groups excluding carboxylic acids is 1. The van der Waals surface area contributed by atoms with Crippen LogP contribution in [0.25, 0.3) is 0 Å². The van der Waals surface area contributed by atoms with Crippen LogP contribution in [0.3, 0.4) is 0 Å². The Morgan fingerprint density at radius 1 is 1.25 bits per heavy atom. The summed E-state index contributed by atoms with van der Waals surface area (Å²) in [6, 6.07) is 9.99. The summed E-state index contributed by atoms with van der Waals surface area (Å²) in [6.45, 7) is 7.87. The summed E-state index contributed by atoms with van der Waals surface area (Å²) < 4.78 is 0. The topological polar surface area (TPSA) is 20.3 Å². The molecule has 0 spiro atoms. The molecule has 1 rings (SSSR count). The van der Waals surface area contributed by atoms with E-state index >= 15 is 0 Å². The molecule has 0 fully saturated rings. The van der Waals surface area contributed by atoms with E-state index in [1.807, 2.05) is 30.3 Å². The highest BCUT2D eigenvalue weighted by atomic mass is 16.1. The van der Waals surface area contributed by atoms with E-state index in [4.69, 9.17) is 0 Å². The van der Waals surface area contributed by atoms with E-state index in [9.17, 15) is 4.79 Å². The van der Waals surface area contributed by atoms with Gasteiger partial charge in [-0.05, 0) is 19.9 Å². The molecule has 0 bridgehead atoms. The van der Waals surface area contributed by atoms with Crippen LogP contribution in [0.1, 0.15) is 37.6 Å². The van der Waals surface area contributed by atoms with Crippen LogP contribution in [0.2, 0.25) is 0 Å². The van der Waals surface area contributed by atoms with Crippen LogP contribution in [-0.2, 0) is 0 Å². The van der Waals surface area contributed by atoms with Gasteiger partial charge in [0.1, 0.15) is 0 Å². The smallest absolute Gasteiger partial charge is 0.176 e. The predicted molar refractivity (Wildman–Crippen MR) is 67.8 cm³/mol. The van der Waals surface area contributed by atoms with Crippen molar-refractivity contribution in [2.45, 2.75) is 33.2 Å². The van der Waals surface area contributed by atoms with Gasteiger partial charge < -0.3 is 0 Å². The van der Waals surface area contributed by atoms with Crippen LogP contribution in [0.15, 0.2) is 30.3 Å². The maximum absolute atomic E-state index is 12.0. The Morgan fingerprint density at radius 2 is 1.88 bits per heavy atom. The standard InChI is InChI=1S/C14H21NO/c1-4-12(3)15(5-2)11-14(16)13-9-7-6-8-10-13/h6-10,12H,4-5,11H2,1-3H3. The molecule has 0 aliphatic heterocycles. The lowest BCUT2D eigenvalue weighted by molar-refractivity contribution is 0.0902. The SMILES string of the molecule is CCC(C)N(CC)CC(=O)c1ccccc1. The van der Waals surface area contributed by atoms with Gasteiger partial charge in [-0.1, -0.05) is 44.2 Å². The molecule has 0 aromatic heterocycles. The average molecular weight is 219 g/mol. The molecule has 2 heteroatoms. The van der Waals surface area contributed by atoms with Crippen LogP contribution < -0.4 is 0 Å². The van der Waals surface area contributed by atoms with E-state index < -0.39 is 0 Å². The summed E-state index contributed by atoms with van der Waals surface area (Å²) >= 11 is 0. The first kappa shape index (κ1) is 12.9. The van der Waals surface area contributed by atoms with Gasteiger partial charge >= 0.3 is 0 Å². The van der Waals surface area contributed by atoms with E-state index in [0.29, 0.717) is 12.6 Å². The Labute approximate surface area is 98.3 Å². The molecule has 0 amide bonds. The highest BCUT2D eigenvalue weighted by Crippen LogP contribution is 2.06. The quantitative estimate of drug-likeness (QED) is 0.685. The van der Waals surface area contributed by atoms with Crippen LogP contribution >= 0.6 is 0 Å². The lowest BCUT2D eigenvalue weighted by Crippen LogP contribution is -2.36. The number of likely N-dealkylation sites (N-methyl/N-ethyl adjacent to an activating group) is 1. The number of hydrogen-bond donors (Lipinski definition) is 0. The maximum atomic E-state index is 12.0. The lowest BCUT2D eigenvalue weighted by Gasteiger charge is -2.26. The van der Waals surface area contributed by atoms with Crippen molar-refractivity contribution in [3.63, 3.8) is 0 Å². The molecular weight excluding hydrogens is 198 g/mol. The first-order valence-corrected chi connectivity index (χ1v) is 6.01. The third-order valence-corrected chi connectivity index (χ3v) is 3.06. The predicted octanol–water partition coefficient (Wildman–Crippen LogP) is 2.99. The summed E-state index contributed by atoms with van der Waals surface area (Å²) in [6.07, 6.45) is 1.08. The molecule has 0 aliphatic rings. The van der Waals surface area contributed by atoms with Crippen molar-refractivity contribution in [2.75, 3.05) is 13.1 Å². The van der Waals surface area contributed by atoms with Crippen LogP contribution in [0, 0.1) is 0 Å². The summed E-state index contributed by atoms with van der Waals surface area (Å²) in [5, 5.41) is 0. The minimum absolute atomic E-state index is 0.211. The van der Waals surface area contributed by atoms with Gasteiger partial charge in [0.2, 0.25) is 0 Å². The van der Waals surface area contributed by atoms with E-state index in [-0.39, 0.29) is 5.78 Å². The van der Waals surface area contributed by atoms with Gasteiger partial charge in [0.15, 0.2) is 5.78 Å². The fourth-order valence-electron chi connectivity index (χ4n) is 1.74. The van der Waals surface area contributed by atoms with Gasteiger partial charge in [-0.25, -0.2) is 0 Å². The van der Waals surface area contributed by atoms with E-state index in [1.165, 1.54) is 0 Å². The zero-order valence-electron chi connectivity index (χ0n) is 10.4. The van der Waals surface area contributed by atoms with Crippen molar-refractivity contribution in [3.05, 3.63) is 35.9 Å². The summed E-state index contributed by atoms with van der Waals surface area (Å²) in [4.78, 5) is 14.2. The van der Waals surface area contributed by atoms with E-state index in [2.05, 4.69) is 25.7 Å².